The third-order valence-corrected chi connectivity index (χ3v) is 4.83. The van der Waals surface area contributed by atoms with Gasteiger partial charge in [-0.2, -0.15) is 22.0 Å². The SMILES string of the molecule is COc1ccc(CCNCc2cccc(OCC(F)(F)C(F)(F)F)c2)c2ccccc12. The Morgan fingerprint density at radius 1 is 0.871 bits per heavy atom. The molecule has 0 spiro atoms. The van der Waals surface area contributed by atoms with Crippen LogP contribution in [0, 0.1) is 0 Å². The summed E-state index contributed by atoms with van der Waals surface area (Å²) in [6.45, 7) is -0.688. The van der Waals surface area contributed by atoms with Crippen LogP contribution in [-0.2, 0) is 13.0 Å². The van der Waals surface area contributed by atoms with Gasteiger partial charge in [-0.1, -0.05) is 42.5 Å². The summed E-state index contributed by atoms with van der Waals surface area (Å²) in [5, 5.41) is 5.38. The lowest BCUT2D eigenvalue weighted by atomic mass is 10.0. The average molecular weight is 439 g/mol. The topological polar surface area (TPSA) is 30.5 Å². The van der Waals surface area contributed by atoms with E-state index in [-0.39, 0.29) is 5.75 Å². The van der Waals surface area contributed by atoms with Crippen LogP contribution in [0.3, 0.4) is 0 Å². The van der Waals surface area contributed by atoms with Gasteiger partial charge in [-0.25, -0.2) is 0 Å². The van der Waals surface area contributed by atoms with Crippen LogP contribution in [0.5, 0.6) is 11.5 Å². The second-order valence-electron chi connectivity index (χ2n) is 7.04. The maximum Gasteiger partial charge on any atom is 0.456 e. The second kappa shape index (κ2) is 9.51. The molecule has 0 aliphatic carbocycles. The van der Waals surface area contributed by atoms with Gasteiger partial charge in [0, 0.05) is 11.9 Å². The van der Waals surface area contributed by atoms with Crippen LogP contribution in [-0.4, -0.2) is 32.4 Å². The van der Waals surface area contributed by atoms with Crippen molar-refractivity contribution in [1.29, 1.82) is 0 Å². The van der Waals surface area contributed by atoms with Gasteiger partial charge in [-0.05, 0) is 47.7 Å². The molecule has 3 aromatic carbocycles. The maximum atomic E-state index is 13.0. The highest BCUT2D eigenvalue weighted by Crippen LogP contribution is 2.35. The molecule has 0 heterocycles. The highest BCUT2D eigenvalue weighted by molar-refractivity contribution is 5.91. The first-order valence-electron chi connectivity index (χ1n) is 9.63. The molecule has 0 atom stereocenters. The summed E-state index contributed by atoms with van der Waals surface area (Å²) in [5.74, 6) is -4.13. The lowest BCUT2D eigenvalue weighted by Gasteiger charge is -2.20. The highest BCUT2D eigenvalue weighted by atomic mass is 19.4. The van der Waals surface area contributed by atoms with Crippen LogP contribution >= 0.6 is 0 Å². The first-order valence-corrected chi connectivity index (χ1v) is 9.63. The third kappa shape index (κ3) is 5.64. The van der Waals surface area contributed by atoms with E-state index in [0.717, 1.165) is 28.5 Å². The van der Waals surface area contributed by atoms with Crippen molar-refractivity contribution in [3.63, 3.8) is 0 Å². The molecule has 31 heavy (non-hydrogen) atoms. The van der Waals surface area contributed by atoms with E-state index in [2.05, 4.69) is 10.1 Å². The van der Waals surface area contributed by atoms with Crippen molar-refractivity contribution >= 4 is 10.8 Å². The standard InChI is InChI=1S/C23H22F5NO2/c1-30-21-10-9-17(19-7-2-3-8-20(19)21)11-12-29-14-16-5-4-6-18(13-16)31-15-22(24,25)23(26,27)28/h2-10,13,29H,11-12,14-15H2,1H3. The number of fused-ring (bicyclic) bond motifs is 1. The van der Waals surface area contributed by atoms with Crippen LogP contribution in [0.25, 0.3) is 10.8 Å². The molecule has 0 amide bonds. The summed E-state index contributed by atoms with van der Waals surface area (Å²) in [4.78, 5) is 0. The van der Waals surface area contributed by atoms with E-state index in [0.29, 0.717) is 18.7 Å². The molecular formula is C23H22F5NO2. The van der Waals surface area contributed by atoms with Crippen molar-refractivity contribution < 1.29 is 31.4 Å². The van der Waals surface area contributed by atoms with E-state index >= 15 is 0 Å². The molecule has 8 heteroatoms. The van der Waals surface area contributed by atoms with Crippen LogP contribution in [0.4, 0.5) is 22.0 Å². The van der Waals surface area contributed by atoms with Gasteiger partial charge in [-0.3, -0.25) is 0 Å². The minimum absolute atomic E-state index is 0.0376. The lowest BCUT2D eigenvalue weighted by molar-refractivity contribution is -0.290. The van der Waals surface area contributed by atoms with E-state index in [9.17, 15) is 22.0 Å². The molecule has 3 rings (SSSR count). The van der Waals surface area contributed by atoms with Crippen LogP contribution in [0.2, 0.25) is 0 Å². The molecule has 166 valence electrons. The molecule has 0 saturated carbocycles. The van der Waals surface area contributed by atoms with E-state index < -0.39 is 18.7 Å². The highest BCUT2D eigenvalue weighted by Gasteiger charge is 2.58. The van der Waals surface area contributed by atoms with Crippen LogP contribution in [0.1, 0.15) is 11.1 Å². The maximum absolute atomic E-state index is 13.0. The number of benzene rings is 3. The van der Waals surface area contributed by atoms with E-state index in [4.69, 9.17) is 4.74 Å². The monoisotopic (exact) mass is 439 g/mol. The van der Waals surface area contributed by atoms with Crippen molar-refractivity contribution in [2.45, 2.75) is 25.1 Å². The minimum atomic E-state index is -5.64. The number of ether oxygens (including phenoxy) is 2. The summed E-state index contributed by atoms with van der Waals surface area (Å²) in [7, 11) is 1.63. The molecule has 3 aromatic rings. The van der Waals surface area contributed by atoms with Crippen molar-refractivity contribution in [3.8, 4) is 11.5 Å². The molecule has 0 unspecified atom stereocenters. The van der Waals surface area contributed by atoms with Crippen molar-refractivity contribution in [1.82, 2.24) is 5.32 Å². The van der Waals surface area contributed by atoms with E-state index in [1.165, 1.54) is 12.1 Å². The third-order valence-electron chi connectivity index (χ3n) is 4.83. The Kier molecular flexibility index (Phi) is 7.00. The molecular weight excluding hydrogens is 417 g/mol. The Morgan fingerprint density at radius 3 is 2.32 bits per heavy atom. The fraction of sp³-hybridized carbons (Fsp3) is 0.304. The van der Waals surface area contributed by atoms with Crippen molar-refractivity contribution in [3.05, 3.63) is 71.8 Å². The normalized spacial score (nSPS) is 12.2. The van der Waals surface area contributed by atoms with E-state index in [1.54, 1.807) is 19.2 Å². The smallest absolute Gasteiger partial charge is 0.456 e. The second-order valence-corrected chi connectivity index (χ2v) is 7.04. The fourth-order valence-electron chi connectivity index (χ4n) is 3.19. The van der Waals surface area contributed by atoms with Gasteiger partial charge in [-0.15, -0.1) is 0 Å². The van der Waals surface area contributed by atoms with Gasteiger partial charge in [0.15, 0.2) is 6.61 Å². The number of halogens is 5. The average Bonchev–Trinajstić information content (AvgIpc) is 2.75. The molecule has 0 saturated heterocycles. The Morgan fingerprint density at radius 2 is 1.61 bits per heavy atom. The Bertz CT molecular complexity index is 1020. The first kappa shape index (κ1) is 22.8. The summed E-state index contributed by atoms with van der Waals surface area (Å²) < 4.78 is 72.9. The van der Waals surface area contributed by atoms with Gasteiger partial charge in [0.1, 0.15) is 11.5 Å². The molecule has 0 bridgehead atoms. The summed E-state index contributed by atoms with van der Waals surface area (Å²) in [6, 6.07) is 18.0. The predicted octanol–water partition coefficient (Wildman–Crippen LogP) is 5.76. The number of hydrogen-bond donors (Lipinski definition) is 1. The fourth-order valence-corrected chi connectivity index (χ4v) is 3.19. The van der Waals surface area contributed by atoms with Gasteiger partial charge in [0.25, 0.3) is 0 Å². The summed E-state index contributed by atoms with van der Waals surface area (Å²) >= 11 is 0. The Hall–Kier alpha value is -2.87. The number of methoxy groups -OCH3 is 1. The zero-order valence-electron chi connectivity index (χ0n) is 16.8. The van der Waals surface area contributed by atoms with Crippen LogP contribution < -0.4 is 14.8 Å². The lowest BCUT2D eigenvalue weighted by Crippen LogP contribution is -2.41. The summed E-state index contributed by atoms with van der Waals surface area (Å²) in [5.41, 5.74) is 1.86. The number of alkyl halides is 5. The van der Waals surface area contributed by atoms with Gasteiger partial charge in [0.05, 0.1) is 7.11 Å². The van der Waals surface area contributed by atoms with Crippen molar-refractivity contribution in [2.75, 3.05) is 20.3 Å². The predicted molar refractivity (Wildman–Crippen MR) is 109 cm³/mol. The summed E-state index contributed by atoms with van der Waals surface area (Å²) in [6.07, 6.45) is -4.89. The molecule has 1 N–H and O–H groups in total. The zero-order chi connectivity index (χ0) is 22.5. The quantitative estimate of drug-likeness (QED) is 0.340. The molecule has 0 aliphatic heterocycles. The molecule has 3 nitrogen and oxygen atoms in total. The first-order chi connectivity index (χ1) is 14.7. The molecule has 0 radical (unpaired) electrons. The number of rotatable bonds is 9. The van der Waals surface area contributed by atoms with Crippen LogP contribution in [0.15, 0.2) is 60.7 Å². The van der Waals surface area contributed by atoms with E-state index in [1.807, 2.05) is 36.4 Å². The molecule has 0 aliphatic rings. The largest absolute Gasteiger partial charge is 0.496 e. The Labute approximate surface area is 176 Å². The van der Waals surface area contributed by atoms with Gasteiger partial charge in [0.2, 0.25) is 0 Å². The van der Waals surface area contributed by atoms with Gasteiger partial charge < -0.3 is 14.8 Å². The molecule has 0 aromatic heterocycles. The number of hydrogen-bond acceptors (Lipinski definition) is 3. The van der Waals surface area contributed by atoms with Crippen molar-refractivity contribution in [2.24, 2.45) is 0 Å². The zero-order valence-corrected chi connectivity index (χ0v) is 16.8. The Balaban J connectivity index is 1.55. The minimum Gasteiger partial charge on any atom is -0.496 e. The van der Waals surface area contributed by atoms with Gasteiger partial charge >= 0.3 is 12.1 Å². The number of nitrogens with one attached hydrogen (secondary N) is 1. The molecule has 0 fully saturated rings.